The minimum absolute atomic E-state index is 0.0487. The van der Waals surface area contributed by atoms with Gasteiger partial charge in [-0.05, 0) is 30.6 Å². The van der Waals surface area contributed by atoms with Gasteiger partial charge < -0.3 is 9.53 Å². The van der Waals surface area contributed by atoms with Gasteiger partial charge in [0.2, 0.25) is 0 Å². The molecule has 0 unspecified atom stereocenters. The van der Waals surface area contributed by atoms with E-state index in [0.717, 1.165) is 5.56 Å². The molecule has 3 atom stereocenters. The third-order valence-corrected chi connectivity index (χ3v) is 9.52. The lowest BCUT2D eigenvalue weighted by Gasteiger charge is -2.38. The molecule has 1 aromatic rings. The Morgan fingerprint density at radius 2 is 1.70 bits per heavy atom. The Hall–Kier alpha value is -0.973. The lowest BCUT2D eigenvalue weighted by atomic mass is 9.91. The van der Waals surface area contributed by atoms with Crippen LogP contribution in [0.4, 0.5) is 0 Å². The summed E-state index contributed by atoms with van der Waals surface area (Å²) < 4.78 is 6.24. The summed E-state index contributed by atoms with van der Waals surface area (Å²) in [6, 6.07) is 9.35. The molecule has 0 heterocycles. The molecule has 0 amide bonds. The third-order valence-electron chi connectivity index (χ3n) is 4.91. The summed E-state index contributed by atoms with van der Waals surface area (Å²) in [5, 5.41) is 10.5. The Morgan fingerprint density at radius 3 is 2.17 bits per heavy atom. The fourth-order valence-corrected chi connectivity index (χ4v) is 3.75. The Balaban J connectivity index is 2.65. The van der Waals surface area contributed by atoms with E-state index >= 15 is 0 Å². The van der Waals surface area contributed by atoms with Crippen LogP contribution in [0.15, 0.2) is 30.3 Å². The van der Waals surface area contributed by atoms with E-state index in [1.165, 1.54) is 0 Å². The third kappa shape index (κ3) is 5.55. The lowest BCUT2D eigenvalue weighted by molar-refractivity contribution is -0.127. The summed E-state index contributed by atoms with van der Waals surface area (Å²) in [5.74, 6) is -0.379. The summed E-state index contributed by atoms with van der Waals surface area (Å²) in [4.78, 5) is 12.5. The van der Waals surface area contributed by atoms with Gasteiger partial charge in [0.25, 0.3) is 0 Å². The number of Topliss-reactive ketones (excluding diaryl/α,β-unsaturated/α-hetero) is 1. The van der Waals surface area contributed by atoms with Crippen molar-refractivity contribution in [3.05, 3.63) is 35.9 Å². The number of rotatable bonds is 7. The van der Waals surface area contributed by atoms with Crippen molar-refractivity contribution in [2.45, 2.75) is 71.4 Å². The molecule has 1 rings (SSSR count). The average molecular weight is 337 g/mol. The molecule has 0 bridgehead atoms. The van der Waals surface area contributed by atoms with E-state index in [-0.39, 0.29) is 16.9 Å². The maximum atomic E-state index is 12.5. The smallest absolute Gasteiger partial charge is 0.192 e. The quantitative estimate of drug-likeness (QED) is 0.732. The molecule has 1 N–H and O–H groups in total. The van der Waals surface area contributed by atoms with E-state index in [1.807, 2.05) is 37.3 Å². The molecule has 0 saturated carbocycles. The molecule has 0 radical (unpaired) electrons. The van der Waals surface area contributed by atoms with Crippen LogP contribution in [0.25, 0.3) is 0 Å². The van der Waals surface area contributed by atoms with Crippen molar-refractivity contribution in [2.24, 2.45) is 5.92 Å². The predicted octanol–water partition coefficient (Wildman–Crippen LogP) is 4.73. The number of hydrogen-bond acceptors (Lipinski definition) is 3. The topological polar surface area (TPSA) is 46.5 Å². The minimum atomic E-state index is -1.88. The summed E-state index contributed by atoms with van der Waals surface area (Å²) in [5.41, 5.74) is 0.784. The molecular formula is C19H32O3Si. The van der Waals surface area contributed by atoms with Gasteiger partial charge in [0.05, 0.1) is 6.10 Å². The number of carbonyl (C=O) groups is 1. The molecular weight excluding hydrogens is 304 g/mol. The predicted molar refractivity (Wildman–Crippen MR) is 97.9 cm³/mol. The van der Waals surface area contributed by atoms with Crippen molar-refractivity contribution in [1.29, 1.82) is 0 Å². The van der Waals surface area contributed by atoms with Crippen molar-refractivity contribution in [3.63, 3.8) is 0 Å². The van der Waals surface area contributed by atoms with Crippen molar-refractivity contribution in [3.8, 4) is 0 Å². The average Bonchev–Trinajstić information content (AvgIpc) is 2.44. The SMILES string of the molecule is C[C@H](CC(=O)[C@H](C)[C@@H](O)c1ccccc1)O[Si](C)(C)C(C)(C)C. The summed E-state index contributed by atoms with van der Waals surface area (Å²) in [7, 11) is -1.88. The molecule has 0 aliphatic rings. The number of benzene rings is 1. The van der Waals surface area contributed by atoms with Crippen LogP contribution >= 0.6 is 0 Å². The number of aliphatic hydroxyl groups excluding tert-OH is 1. The van der Waals surface area contributed by atoms with Crippen molar-refractivity contribution >= 4 is 14.1 Å². The zero-order valence-corrected chi connectivity index (χ0v) is 16.6. The number of aliphatic hydroxyl groups is 1. The first kappa shape index (κ1) is 20.1. The highest BCUT2D eigenvalue weighted by Crippen LogP contribution is 2.37. The maximum Gasteiger partial charge on any atom is 0.192 e. The Labute approximate surface area is 142 Å². The first-order valence-electron chi connectivity index (χ1n) is 8.39. The second kappa shape index (κ2) is 7.73. The normalized spacial score (nSPS) is 16.7. The molecule has 0 aliphatic heterocycles. The molecule has 0 aromatic heterocycles. The Morgan fingerprint density at radius 1 is 1.17 bits per heavy atom. The maximum absolute atomic E-state index is 12.5. The number of ketones is 1. The fourth-order valence-electron chi connectivity index (χ4n) is 2.31. The van der Waals surface area contributed by atoms with Gasteiger partial charge in [0.15, 0.2) is 8.32 Å². The highest BCUT2D eigenvalue weighted by atomic mass is 28.4. The van der Waals surface area contributed by atoms with Crippen LogP contribution in [0.3, 0.4) is 0 Å². The van der Waals surface area contributed by atoms with Gasteiger partial charge in [-0.2, -0.15) is 0 Å². The van der Waals surface area contributed by atoms with Crippen LogP contribution in [0, 0.1) is 5.92 Å². The number of hydrogen-bond donors (Lipinski definition) is 1. The molecule has 0 aliphatic carbocycles. The van der Waals surface area contributed by atoms with E-state index < -0.39 is 20.3 Å². The highest BCUT2D eigenvalue weighted by molar-refractivity contribution is 6.74. The lowest BCUT2D eigenvalue weighted by Crippen LogP contribution is -2.44. The van der Waals surface area contributed by atoms with E-state index in [2.05, 4.69) is 33.9 Å². The van der Waals surface area contributed by atoms with Gasteiger partial charge >= 0.3 is 0 Å². The monoisotopic (exact) mass is 336 g/mol. The molecule has 130 valence electrons. The molecule has 1 aromatic carbocycles. The molecule has 0 spiro atoms. The Bertz CT molecular complexity index is 505. The largest absolute Gasteiger partial charge is 0.414 e. The van der Waals surface area contributed by atoms with Crippen LogP contribution in [0.2, 0.25) is 18.1 Å². The van der Waals surface area contributed by atoms with Gasteiger partial charge in [0, 0.05) is 18.4 Å². The van der Waals surface area contributed by atoms with Crippen LogP contribution in [0.5, 0.6) is 0 Å². The second-order valence-electron chi connectivity index (χ2n) is 8.00. The van der Waals surface area contributed by atoms with Gasteiger partial charge in [-0.15, -0.1) is 0 Å². The molecule has 4 heteroatoms. The molecule has 3 nitrogen and oxygen atoms in total. The van der Waals surface area contributed by atoms with Crippen LogP contribution in [-0.2, 0) is 9.22 Å². The number of carbonyl (C=O) groups excluding carboxylic acids is 1. The summed E-state index contributed by atoms with van der Waals surface area (Å²) >= 11 is 0. The van der Waals surface area contributed by atoms with Gasteiger partial charge in [0.1, 0.15) is 5.78 Å². The zero-order valence-electron chi connectivity index (χ0n) is 15.6. The summed E-state index contributed by atoms with van der Waals surface area (Å²) in [6.45, 7) is 14.7. The van der Waals surface area contributed by atoms with Crippen molar-refractivity contribution in [1.82, 2.24) is 0 Å². The molecule has 0 saturated heterocycles. The van der Waals surface area contributed by atoms with Crippen molar-refractivity contribution < 1.29 is 14.3 Å². The van der Waals surface area contributed by atoms with Gasteiger partial charge in [-0.1, -0.05) is 58.0 Å². The standard InChI is InChI=1S/C19H32O3Si/c1-14(22-23(6,7)19(3,4)5)13-17(20)15(2)18(21)16-11-9-8-10-12-16/h8-12,14-15,18,21H,13H2,1-7H3/t14-,15+,18-/m1/s1. The van der Waals surface area contributed by atoms with Gasteiger partial charge in [-0.25, -0.2) is 0 Å². The Kier molecular flexibility index (Phi) is 6.75. The van der Waals surface area contributed by atoms with E-state index in [1.54, 1.807) is 6.92 Å². The molecule has 0 fully saturated rings. The highest BCUT2D eigenvalue weighted by Gasteiger charge is 2.39. The second-order valence-corrected chi connectivity index (χ2v) is 12.8. The van der Waals surface area contributed by atoms with Crippen LogP contribution in [-0.4, -0.2) is 25.3 Å². The van der Waals surface area contributed by atoms with E-state index in [0.29, 0.717) is 6.42 Å². The van der Waals surface area contributed by atoms with Crippen molar-refractivity contribution in [2.75, 3.05) is 0 Å². The zero-order chi connectivity index (χ0) is 17.8. The van der Waals surface area contributed by atoms with Gasteiger partial charge in [-0.3, -0.25) is 4.79 Å². The van der Waals surface area contributed by atoms with E-state index in [9.17, 15) is 9.90 Å². The first-order valence-corrected chi connectivity index (χ1v) is 11.3. The minimum Gasteiger partial charge on any atom is -0.414 e. The fraction of sp³-hybridized carbons (Fsp3) is 0.632. The first-order chi connectivity index (χ1) is 10.5. The molecule has 23 heavy (non-hydrogen) atoms. The van der Waals surface area contributed by atoms with Crippen LogP contribution < -0.4 is 0 Å². The van der Waals surface area contributed by atoms with E-state index in [4.69, 9.17) is 4.43 Å². The summed E-state index contributed by atoms with van der Waals surface area (Å²) in [6.07, 6.45) is -0.532. The van der Waals surface area contributed by atoms with Crippen LogP contribution in [0.1, 0.15) is 52.7 Å².